The number of carbonyl (C=O) groups excluding carboxylic acids is 1. The number of anilines is 1. The van der Waals surface area contributed by atoms with Gasteiger partial charge in [0.1, 0.15) is 5.82 Å². The molecule has 1 amide bonds. The van der Waals surface area contributed by atoms with E-state index in [1.54, 1.807) is 12.0 Å². The predicted molar refractivity (Wildman–Crippen MR) is 141 cm³/mol. The third-order valence-corrected chi connectivity index (χ3v) is 8.27. The average molecular weight is 542 g/mol. The molecule has 1 fully saturated rings. The van der Waals surface area contributed by atoms with Gasteiger partial charge in [0.2, 0.25) is 0 Å². The third-order valence-electron chi connectivity index (χ3n) is 8.27. The van der Waals surface area contributed by atoms with Crippen molar-refractivity contribution in [2.75, 3.05) is 19.1 Å². The Kier molecular flexibility index (Phi) is 7.57. The maximum Gasteiger partial charge on any atom is 0.414 e. The van der Waals surface area contributed by atoms with Crippen molar-refractivity contribution >= 4 is 28.8 Å². The van der Waals surface area contributed by atoms with E-state index >= 15 is 0 Å². The van der Waals surface area contributed by atoms with E-state index in [0.29, 0.717) is 12.2 Å². The molecule has 1 aromatic heterocycles. The number of nitrogens with zero attached hydrogens (tertiary/aromatic N) is 3. The predicted octanol–water partition coefficient (Wildman–Crippen LogP) is 5.76. The molecular weight excluding hydrogens is 508 g/mol. The van der Waals surface area contributed by atoms with E-state index in [9.17, 15) is 23.5 Å². The summed E-state index contributed by atoms with van der Waals surface area (Å²) in [5.74, 6) is -3.80. The minimum Gasteiger partial charge on any atom is -0.481 e. The lowest BCUT2D eigenvalue weighted by Gasteiger charge is -2.34. The minimum atomic E-state index is -1.14. The number of imidazole rings is 1. The number of hydrogen-bond donors (Lipinski definition) is 1. The van der Waals surface area contributed by atoms with Crippen LogP contribution in [0.15, 0.2) is 30.3 Å². The molecule has 0 saturated heterocycles. The van der Waals surface area contributed by atoms with E-state index in [2.05, 4.69) is 4.57 Å². The van der Waals surface area contributed by atoms with Crippen molar-refractivity contribution in [1.82, 2.24) is 9.55 Å². The van der Waals surface area contributed by atoms with Crippen molar-refractivity contribution in [3.8, 4) is 0 Å². The van der Waals surface area contributed by atoms with Gasteiger partial charge in [0.25, 0.3) is 0 Å². The van der Waals surface area contributed by atoms with Crippen molar-refractivity contribution in [2.45, 2.75) is 76.0 Å². The van der Waals surface area contributed by atoms with Gasteiger partial charge in [-0.3, -0.25) is 9.69 Å². The fraction of sp³-hybridized carbons (Fsp3) is 0.483. The molecule has 1 N–H and O–H groups in total. The summed E-state index contributed by atoms with van der Waals surface area (Å²) in [6.45, 7) is 1.97. The van der Waals surface area contributed by atoms with Crippen LogP contribution in [-0.2, 0) is 27.1 Å². The monoisotopic (exact) mass is 541 g/mol. The van der Waals surface area contributed by atoms with Gasteiger partial charge in [-0.2, -0.15) is 0 Å². The molecule has 39 heavy (non-hydrogen) atoms. The van der Waals surface area contributed by atoms with E-state index in [0.717, 1.165) is 66.5 Å². The van der Waals surface area contributed by atoms with Crippen LogP contribution in [0.4, 0.5) is 19.3 Å². The number of aryl methyl sites for hydroxylation is 1. The number of aliphatic carboxylic acids is 1. The van der Waals surface area contributed by atoms with Gasteiger partial charge in [0, 0.05) is 31.2 Å². The summed E-state index contributed by atoms with van der Waals surface area (Å²) in [7, 11) is 3.07. The highest BCUT2D eigenvalue weighted by Crippen LogP contribution is 2.40. The molecule has 1 aliphatic heterocycles. The quantitative estimate of drug-likeness (QED) is 0.426. The Labute approximate surface area is 225 Å². The topological polar surface area (TPSA) is 93.9 Å². The highest BCUT2D eigenvalue weighted by molar-refractivity contribution is 5.95. The SMILES string of the molecule is COC(=O)N1c2ccc3c(nc(CC(C(=O)O)c4ccc(F)c(F)c4)n3C3CCC(OC)CC3)c2CC[C@@H]1C. The molecule has 0 spiro atoms. The van der Waals surface area contributed by atoms with Gasteiger partial charge in [-0.1, -0.05) is 6.07 Å². The average Bonchev–Trinajstić information content (AvgIpc) is 3.31. The number of rotatable bonds is 6. The van der Waals surface area contributed by atoms with Gasteiger partial charge in [0.15, 0.2) is 11.6 Å². The molecule has 5 rings (SSSR count). The lowest BCUT2D eigenvalue weighted by atomic mass is 9.91. The number of ether oxygens (including phenoxy) is 2. The van der Waals surface area contributed by atoms with Crippen LogP contribution in [0.5, 0.6) is 0 Å². The van der Waals surface area contributed by atoms with Crippen LogP contribution in [-0.4, -0.2) is 53.1 Å². The first-order valence-electron chi connectivity index (χ1n) is 13.3. The smallest absolute Gasteiger partial charge is 0.414 e. The summed E-state index contributed by atoms with van der Waals surface area (Å²) in [5, 5.41) is 10.1. The Balaban J connectivity index is 1.63. The lowest BCUT2D eigenvalue weighted by Crippen LogP contribution is -2.42. The normalized spacial score (nSPS) is 22.0. The van der Waals surface area contributed by atoms with Gasteiger partial charge >= 0.3 is 12.1 Å². The fourth-order valence-electron chi connectivity index (χ4n) is 6.17. The second kappa shape index (κ2) is 10.9. The van der Waals surface area contributed by atoms with E-state index in [-0.39, 0.29) is 30.2 Å². The minimum absolute atomic E-state index is 0.00514. The number of hydrogen-bond acceptors (Lipinski definition) is 5. The molecular formula is C29H33F2N3O5. The van der Waals surface area contributed by atoms with Crippen LogP contribution in [0.1, 0.15) is 67.9 Å². The van der Waals surface area contributed by atoms with Crippen LogP contribution in [0, 0.1) is 11.6 Å². The number of methoxy groups -OCH3 is 2. The van der Waals surface area contributed by atoms with Crippen LogP contribution < -0.4 is 4.90 Å². The van der Waals surface area contributed by atoms with Crippen LogP contribution >= 0.6 is 0 Å². The molecule has 1 saturated carbocycles. The molecule has 8 nitrogen and oxygen atoms in total. The molecule has 2 aromatic carbocycles. The van der Waals surface area contributed by atoms with E-state index < -0.39 is 29.6 Å². The second-order valence-corrected chi connectivity index (χ2v) is 10.5. The number of aromatic nitrogens is 2. The third kappa shape index (κ3) is 4.97. The van der Waals surface area contributed by atoms with Crippen LogP contribution in [0.2, 0.25) is 0 Å². The van der Waals surface area contributed by atoms with Crippen molar-refractivity contribution in [2.24, 2.45) is 0 Å². The van der Waals surface area contributed by atoms with Crippen LogP contribution in [0.3, 0.4) is 0 Å². The number of carboxylic acid groups (broad SMARTS) is 1. The maximum atomic E-state index is 14.1. The summed E-state index contributed by atoms with van der Waals surface area (Å²) >= 11 is 0. The first kappa shape index (κ1) is 27.1. The van der Waals surface area contributed by atoms with Gasteiger partial charge in [-0.15, -0.1) is 0 Å². The van der Waals surface area contributed by atoms with Gasteiger partial charge in [0.05, 0.1) is 35.9 Å². The first-order valence-corrected chi connectivity index (χ1v) is 13.3. The van der Waals surface area contributed by atoms with Crippen molar-refractivity contribution in [3.05, 3.63) is 58.9 Å². The first-order chi connectivity index (χ1) is 18.7. The molecule has 10 heteroatoms. The highest BCUT2D eigenvalue weighted by atomic mass is 19.2. The fourth-order valence-corrected chi connectivity index (χ4v) is 6.17. The maximum absolute atomic E-state index is 14.1. The number of amides is 1. The van der Waals surface area contributed by atoms with Gasteiger partial charge < -0.3 is 19.1 Å². The van der Waals surface area contributed by atoms with E-state index in [1.807, 2.05) is 19.1 Å². The Morgan fingerprint density at radius 2 is 1.82 bits per heavy atom. The number of benzene rings is 2. The molecule has 0 bridgehead atoms. The number of carboxylic acids is 1. The standard InChI is InChI=1S/C29H33F2N3O5/c1-16-4-10-20-24(33(16)29(37)39-3)12-13-25-27(20)32-26(34(25)18-6-8-19(38-2)9-7-18)15-21(28(35)36)17-5-11-22(30)23(31)14-17/h5,11-14,16,18-19,21H,4,6-10,15H2,1-3H3,(H,35,36)/t16-,18?,19?,21?/m0/s1. The summed E-state index contributed by atoms with van der Waals surface area (Å²) < 4.78 is 40.4. The Hall–Kier alpha value is -3.53. The molecule has 0 radical (unpaired) electrons. The Morgan fingerprint density at radius 3 is 2.46 bits per heavy atom. The lowest BCUT2D eigenvalue weighted by molar-refractivity contribution is -0.138. The zero-order valence-electron chi connectivity index (χ0n) is 22.3. The molecule has 208 valence electrons. The van der Waals surface area contributed by atoms with Crippen molar-refractivity contribution in [1.29, 1.82) is 0 Å². The Morgan fingerprint density at radius 1 is 1.08 bits per heavy atom. The number of carbonyl (C=O) groups is 2. The van der Waals surface area contributed by atoms with Crippen molar-refractivity contribution < 1.29 is 33.0 Å². The highest BCUT2D eigenvalue weighted by Gasteiger charge is 2.34. The summed E-state index contributed by atoms with van der Waals surface area (Å²) in [5.41, 5.74) is 3.44. The molecule has 3 aromatic rings. The van der Waals surface area contributed by atoms with E-state index in [1.165, 1.54) is 13.2 Å². The number of fused-ring (bicyclic) bond motifs is 3. The molecule has 1 aliphatic carbocycles. The molecule has 1 unspecified atom stereocenters. The summed E-state index contributed by atoms with van der Waals surface area (Å²) in [6.07, 6.45) is 4.58. The zero-order chi connectivity index (χ0) is 27.8. The van der Waals surface area contributed by atoms with Crippen molar-refractivity contribution in [3.63, 3.8) is 0 Å². The Bertz CT molecular complexity index is 1400. The van der Waals surface area contributed by atoms with Crippen LogP contribution in [0.25, 0.3) is 11.0 Å². The summed E-state index contributed by atoms with van der Waals surface area (Å²) in [4.78, 5) is 31.6. The number of halogens is 2. The van der Waals surface area contributed by atoms with Gasteiger partial charge in [-0.05, 0) is 75.3 Å². The second-order valence-electron chi connectivity index (χ2n) is 10.5. The zero-order valence-corrected chi connectivity index (χ0v) is 22.3. The van der Waals surface area contributed by atoms with E-state index in [4.69, 9.17) is 14.5 Å². The van der Waals surface area contributed by atoms with Gasteiger partial charge in [-0.25, -0.2) is 18.6 Å². The molecule has 2 aliphatic rings. The summed E-state index contributed by atoms with van der Waals surface area (Å²) in [6, 6.07) is 7.10. The molecule has 2 atom stereocenters. The largest absolute Gasteiger partial charge is 0.481 e. The molecule has 2 heterocycles.